The van der Waals surface area contributed by atoms with Gasteiger partial charge in [0, 0.05) is 16.7 Å². The predicted molar refractivity (Wildman–Crippen MR) is 65.0 cm³/mol. The van der Waals surface area contributed by atoms with Gasteiger partial charge in [0.25, 0.3) is 5.88 Å². The lowest BCUT2D eigenvalue weighted by Gasteiger charge is -2.07. The molecule has 0 atom stereocenters. The summed E-state index contributed by atoms with van der Waals surface area (Å²) in [5, 5.41) is 10.4. The van der Waals surface area contributed by atoms with E-state index in [1.807, 2.05) is 0 Å². The topological polar surface area (TPSA) is 65.3 Å². The van der Waals surface area contributed by atoms with Gasteiger partial charge in [0.05, 0.1) is 11.0 Å². The minimum atomic E-state index is -1.30. The number of aromatic nitrogens is 1. The number of nitro benzene ring substituents is 1. The largest absolute Gasteiger partial charge is 0.433 e. The third-order valence-corrected chi connectivity index (χ3v) is 2.61. The molecule has 2 rings (SSSR count). The highest BCUT2D eigenvalue weighted by Gasteiger charge is 2.20. The van der Waals surface area contributed by atoms with Crippen LogP contribution >= 0.6 is 15.9 Å². The van der Waals surface area contributed by atoms with E-state index in [4.69, 9.17) is 4.74 Å². The van der Waals surface area contributed by atoms with E-state index in [1.54, 1.807) is 0 Å². The third kappa shape index (κ3) is 2.87. The van der Waals surface area contributed by atoms with Crippen LogP contribution < -0.4 is 4.74 Å². The number of halogens is 4. The van der Waals surface area contributed by atoms with Crippen molar-refractivity contribution in [2.75, 3.05) is 0 Å². The molecule has 0 amide bonds. The number of hydrogen-bond donors (Lipinski definition) is 0. The molecule has 0 N–H and O–H groups in total. The zero-order valence-corrected chi connectivity index (χ0v) is 11.0. The van der Waals surface area contributed by atoms with Crippen molar-refractivity contribution in [3.8, 4) is 11.6 Å². The maximum atomic E-state index is 13.5. The molecular formula is C11H4BrF3N2O3. The van der Waals surface area contributed by atoms with Crippen molar-refractivity contribution in [2.45, 2.75) is 0 Å². The van der Waals surface area contributed by atoms with Gasteiger partial charge in [-0.25, -0.2) is 13.8 Å². The molecule has 20 heavy (non-hydrogen) atoms. The van der Waals surface area contributed by atoms with Crippen LogP contribution in [0.3, 0.4) is 0 Å². The lowest BCUT2D eigenvalue weighted by Crippen LogP contribution is -1.98. The molecular weight excluding hydrogens is 345 g/mol. The van der Waals surface area contributed by atoms with Crippen LogP contribution in [0.5, 0.6) is 11.6 Å². The van der Waals surface area contributed by atoms with Crippen molar-refractivity contribution < 1.29 is 22.8 Å². The molecule has 0 fully saturated rings. The van der Waals surface area contributed by atoms with Crippen LogP contribution in [0.1, 0.15) is 0 Å². The molecule has 0 unspecified atom stereocenters. The average Bonchev–Trinajstić information content (AvgIpc) is 2.36. The predicted octanol–water partition coefficient (Wildman–Crippen LogP) is 3.96. The van der Waals surface area contributed by atoms with Gasteiger partial charge in [-0.15, -0.1) is 0 Å². The number of nitrogens with zero attached hydrogens (tertiary/aromatic N) is 2. The number of pyridine rings is 1. The van der Waals surface area contributed by atoms with E-state index in [2.05, 4.69) is 20.9 Å². The van der Waals surface area contributed by atoms with Gasteiger partial charge in [0.1, 0.15) is 0 Å². The highest BCUT2D eigenvalue weighted by Crippen LogP contribution is 2.30. The van der Waals surface area contributed by atoms with Crippen molar-refractivity contribution in [3.63, 3.8) is 0 Å². The maximum Gasteiger partial charge on any atom is 0.307 e. The summed E-state index contributed by atoms with van der Waals surface area (Å²) in [5.41, 5.74) is -1.04. The fourth-order valence-electron chi connectivity index (χ4n) is 1.32. The highest BCUT2D eigenvalue weighted by molar-refractivity contribution is 9.10. The Balaban J connectivity index is 2.39. The van der Waals surface area contributed by atoms with Crippen LogP contribution in [-0.2, 0) is 0 Å². The highest BCUT2D eigenvalue weighted by atomic mass is 79.9. The van der Waals surface area contributed by atoms with E-state index in [-0.39, 0.29) is 0 Å². The molecule has 9 heteroatoms. The Hall–Kier alpha value is -2.16. The van der Waals surface area contributed by atoms with Crippen LogP contribution in [0.25, 0.3) is 0 Å². The van der Waals surface area contributed by atoms with Gasteiger partial charge in [0.2, 0.25) is 5.82 Å². The quantitative estimate of drug-likeness (QED) is 0.622. The monoisotopic (exact) mass is 348 g/mol. The summed E-state index contributed by atoms with van der Waals surface area (Å²) in [6.07, 6.45) is 1.19. The molecule has 0 aliphatic heterocycles. The molecule has 0 saturated carbocycles. The first-order valence-electron chi connectivity index (χ1n) is 5.01. The van der Waals surface area contributed by atoms with Crippen molar-refractivity contribution in [2.24, 2.45) is 0 Å². The molecule has 1 aromatic heterocycles. The number of benzene rings is 1. The average molecular weight is 349 g/mol. The van der Waals surface area contributed by atoms with E-state index in [0.717, 1.165) is 6.07 Å². The van der Waals surface area contributed by atoms with Gasteiger partial charge in [0.15, 0.2) is 17.4 Å². The Morgan fingerprint density at radius 2 is 1.85 bits per heavy atom. The molecule has 0 bridgehead atoms. The summed E-state index contributed by atoms with van der Waals surface area (Å²) >= 11 is 2.97. The lowest BCUT2D eigenvalue weighted by molar-refractivity contribution is -0.387. The van der Waals surface area contributed by atoms with Crippen LogP contribution in [-0.4, -0.2) is 9.91 Å². The second-order valence-electron chi connectivity index (χ2n) is 3.53. The molecule has 5 nitrogen and oxygen atoms in total. The molecule has 1 heterocycles. The third-order valence-electron chi connectivity index (χ3n) is 2.18. The van der Waals surface area contributed by atoms with Gasteiger partial charge in [-0.05, 0) is 22.0 Å². The number of ether oxygens (including phenoxy) is 1. The van der Waals surface area contributed by atoms with Crippen LogP contribution in [0.4, 0.5) is 18.9 Å². The van der Waals surface area contributed by atoms with Crippen LogP contribution in [0.15, 0.2) is 28.9 Å². The van der Waals surface area contributed by atoms with Crippen molar-refractivity contribution in [3.05, 3.63) is 56.4 Å². The van der Waals surface area contributed by atoms with E-state index in [1.165, 1.54) is 6.20 Å². The summed E-state index contributed by atoms with van der Waals surface area (Å²) in [6, 6.07) is 1.82. The standard InChI is InChI=1S/C11H4BrF3N2O3/c12-5-1-8(15)11(16-4-5)20-10-3-6(13)9(17(18)19)2-7(10)14/h1-4H. The van der Waals surface area contributed by atoms with Gasteiger partial charge in [-0.3, -0.25) is 10.1 Å². The normalized spacial score (nSPS) is 10.4. The number of rotatable bonds is 3. The van der Waals surface area contributed by atoms with Crippen molar-refractivity contribution in [1.82, 2.24) is 4.98 Å². The lowest BCUT2D eigenvalue weighted by atomic mass is 10.3. The van der Waals surface area contributed by atoms with E-state index in [0.29, 0.717) is 16.6 Å². The zero-order valence-electron chi connectivity index (χ0n) is 9.44. The van der Waals surface area contributed by atoms with E-state index in [9.17, 15) is 23.3 Å². The maximum absolute atomic E-state index is 13.5. The summed E-state index contributed by atoms with van der Waals surface area (Å²) in [5.74, 6) is -4.70. The first-order chi connectivity index (χ1) is 9.38. The second-order valence-corrected chi connectivity index (χ2v) is 4.45. The SMILES string of the molecule is O=[N+]([O-])c1cc(F)c(Oc2ncc(Br)cc2F)cc1F. The Kier molecular flexibility index (Phi) is 3.89. The van der Waals surface area contributed by atoms with Crippen LogP contribution in [0.2, 0.25) is 0 Å². The summed E-state index contributed by atoms with van der Waals surface area (Å²) in [6.45, 7) is 0. The fraction of sp³-hybridized carbons (Fsp3) is 0. The summed E-state index contributed by atoms with van der Waals surface area (Å²) in [7, 11) is 0. The minimum absolute atomic E-state index is 0.331. The molecule has 0 aliphatic rings. The molecule has 2 aromatic rings. The minimum Gasteiger partial charge on any atom is -0.433 e. The first kappa shape index (κ1) is 14.3. The van der Waals surface area contributed by atoms with Gasteiger partial charge in [-0.2, -0.15) is 4.39 Å². The van der Waals surface area contributed by atoms with Crippen LogP contribution in [0, 0.1) is 27.6 Å². The van der Waals surface area contributed by atoms with Gasteiger partial charge >= 0.3 is 5.69 Å². The van der Waals surface area contributed by atoms with E-state index < -0.39 is 39.7 Å². The van der Waals surface area contributed by atoms with Crippen molar-refractivity contribution >= 4 is 21.6 Å². The van der Waals surface area contributed by atoms with E-state index >= 15 is 0 Å². The Morgan fingerprint density at radius 1 is 1.15 bits per heavy atom. The van der Waals surface area contributed by atoms with Crippen molar-refractivity contribution in [1.29, 1.82) is 0 Å². The zero-order chi connectivity index (χ0) is 14.9. The Morgan fingerprint density at radius 3 is 2.45 bits per heavy atom. The molecule has 104 valence electrons. The first-order valence-corrected chi connectivity index (χ1v) is 5.80. The van der Waals surface area contributed by atoms with Gasteiger partial charge in [-0.1, -0.05) is 0 Å². The molecule has 0 aliphatic carbocycles. The Bertz CT molecular complexity index is 697. The number of hydrogen-bond acceptors (Lipinski definition) is 4. The second kappa shape index (κ2) is 5.45. The number of nitro groups is 1. The fourth-order valence-corrected chi connectivity index (χ4v) is 1.62. The van der Waals surface area contributed by atoms with Gasteiger partial charge < -0.3 is 4.74 Å². The molecule has 1 aromatic carbocycles. The molecule has 0 saturated heterocycles. The molecule has 0 spiro atoms. The Labute approximate surface area is 118 Å². The summed E-state index contributed by atoms with van der Waals surface area (Å²) < 4.78 is 45.4. The molecule has 0 radical (unpaired) electrons. The smallest absolute Gasteiger partial charge is 0.307 e. The summed E-state index contributed by atoms with van der Waals surface area (Å²) in [4.78, 5) is 12.9.